The Kier molecular flexibility index (Phi) is 8.11. The van der Waals surface area contributed by atoms with E-state index in [0.29, 0.717) is 17.9 Å². The average molecular weight is 534 g/mol. The highest BCUT2D eigenvalue weighted by molar-refractivity contribution is 14.0. The molecule has 3 aromatic rings. The Bertz CT molecular complexity index is 966. The van der Waals surface area contributed by atoms with Gasteiger partial charge in [0.05, 0.1) is 18.1 Å². The van der Waals surface area contributed by atoms with Crippen LogP contribution in [0.15, 0.2) is 58.7 Å². The van der Waals surface area contributed by atoms with Crippen molar-refractivity contribution in [3.8, 4) is 11.5 Å². The molecule has 3 heterocycles. The molecular weight excluding hydrogens is 503 g/mol. The van der Waals surface area contributed by atoms with Crippen molar-refractivity contribution < 1.29 is 4.42 Å². The molecule has 0 bridgehead atoms. The van der Waals surface area contributed by atoms with Crippen LogP contribution in [0.2, 0.25) is 0 Å². The molecule has 2 atom stereocenters. The number of imidazole rings is 1. The summed E-state index contributed by atoms with van der Waals surface area (Å²) in [6.45, 7) is 7.08. The van der Waals surface area contributed by atoms with E-state index < -0.39 is 0 Å². The van der Waals surface area contributed by atoms with Crippen molar-refractivity contribution in [1.82, 2.24) is 24.8 Å². The van der Waals surface area contributed by atoms with Crippen LogP contribution in [0.5, 0.6) is 0 Å². The minimum absolute atomic E-state index is 0. The first kappa shape index (κ1) is 23.3. The Morgan fingerprint density at radius 1 is 1.29 bits per heavy atom. The fourth-order valence-corrected chi connectivity index (χ4v) is 3.98. The van der Waals surface area contributed by atoms with Crippen LogP contribution in [-0.2, 0) is 6.42 Å². The number of rotatable bonds is 5. The van der Waals surface area contributed by atoms with Gasteiger partial charge in [-0.3, -0.25) is 4.99 Å². The number of benzene rings is 1. The lowest BCUT2D eigenvalue weighted by atomic mass is 9.93. The molecule has 31 heavy (non-hydrogen) atoms. The van der Waals surface area contributed by atoms with Crippen molar-refractivity contribution in [2.45, 2.75) is 32.7 Å². The average Bonchev–Trinajstić information content (AvgIpc) is 3.45. The van der Waals surface area contributed by atoms with Crippen LogP contribution in [0.4, 0.5) is 0 Å². The van der Waals surface area contributed by atoms with Gasteiger partial charge in [-0.25, -0.2) is 9.97 Å². The zero-order valence-corrected chi connectivity index (χ0v) is 20.7. The molecule has 1 aliphatic rings. The quantitative estimate of drug-likeness (QED) is 0.303. The summed E-state index contributed by atoms with van der Waals surface area (Å²) in [5.74, 6) is 2.22. The molecule has 0 amide bonds. The SMILES string of the molecule is CN=C(NCCc1coc(-c2ccc(C)cc2)n1)N1CCC(C)C(n2ccnc2)C1.I. The largest absolute Gasteiger partial charge is 0.444 e. The van der Waals surface area contributed by atoms with Crippen LogP contribution >= 0.6 is 24.0 Å². The van der Waals surface area contributed by atoms with Gasteiger partial charge >= 0.3 is 0 Å². The summed E-state index contributed by atoms with van der Waals surface area (Å²) < 4.78 is 7.88. The molecule has 8 heteroatoms. The Hall–Kier alpha value is -2.36. The summed E-state index contributed by atoms with van der Waals surface area (Å²) in [6.07, 6.45) is 9.48. The Morgan fingerprint density at radius 3 is 2.81 bits per heavy atom. The number of guanidine groups is 1. The van der Waals surface area contributed by atoms with E-state index in [9.17, 15) is 0 Å². The van der Waals surface area contributed by atoms with Crippen LogP contribution in [0.3, 0.4) is 0 Å². The maximum atomic E-state index is 5.67. The van der Waals surface area contributed by atoms with Gasteiger partial charge < -0.3 is 19.2 Å². The smallest absolute Gasteiger partial charge is 0.226 e. The fourth-order valence-electron chi connectivity index (χ4n) is 3.98. The van der Waals surface area contributed by atoms with Gasteiger partial charge in [0.25, 0.3) is 0 Å². The second kappa shape index (κ2) is 10.8. The highest BCUT2D eigenvalue weighted by Crippen LogP contribution is 2.27. The molecule has 166 valence electrons. The Morgan fingerprint density at radius 2 is 2.10 bits per heavy atom. The number of hydrogen-bond acceptors (Lipinski definition) is 4. The number of aliphatic imine (C=N–C) groups is 1. The van der Waals surface area contributed by atoms with E-state index in [1.807, 2.05) is 31.7 Å². The van der Waals surface area contributed by atoms with Crippen molar-refractivity contribution in [2.75, 3.05) is 26.7 Å². The van der Waals surface area contributed by atoms with E-state index in [2.05, 4.69) is 61.9 Å². The molecule has 1 fully saturated rings. The molecule has 1 N–H and O–H groups in total. The third-order valence-corrected chi connectivity index (χ3v) is 5.85. The van der Waals surface area contributed by atoms with E-state index in [1.54, 1.807) is 6.26 Å². The molecule has 2 unspecified atom stereocenters. The number of halogens is 1. The second-order valence-electron chi connectivity index (χ2n) is 8.02. The van der Waals surface area contributed by atoms with Crippen molar-refractivity contribution in [1.29, 1.82) is 0 Å². The lowest BCUT2D eigenvalue weighted by molar-refractivity contribution is 0.189. The molecule has 0 saturated carbocycles. The maximum absolute atomic E-state index is 5.67. The predicted octanol–water partition coefficient (Wildman–Crippen LogP) is 4.17. The number of nitrogens with one attached hydrogen (secondary N) is 1. The molecule has 1 saturated heterocycles. The minimum atomic E-state index is 0. The summed E-state index contributed by atoms with van der Waals surface area (Å²) in [4.78, 5) is 15.7. The van der Waals surface area contributed by atoms with E-state index >= 15 is 0 Å². The third-order valence-electron chi connectivity index (χ3n) is 5.85. The number of nitrogens with zero attached hydrogens (tertiary/aromatic N) is 5. The van der Waals surface area contributed by atoms with Crippen LogP contribution in [0, 0.1) is 12.8 Å². The van der Waals surface area contributed by atoms with E-state index in [1.165, 1.54) is 5.56 Å². The van der Waals surface area contributed by atoms with Gasteiger partial charge in [-0.05, 0) is 31.4 Å². The first-order valence-electron chi connectivity index (χ1n) is 10.6. The maximum Gasteiger partial charge on any atom is 0.226 e. The Balaban J connectivity index is 0.00000272. The molecule has 2 aromatic heterocycles. The number of hydrogen-bond donors (Lipinski definition) is 1. The van der Waals surface area contributed by atoms with Crippen molar-refractivity contribution in [2.24, 2.45) is 10.9 Å². The molecule has 0 radical (unpaired) electrons. The van der Waals surface area contributed by atoms with Gasteiger partial charge in [0.1, 0.15) is 6.26 Å². The number of piperidine rings is 1. The molecular formula is C23H31IN6O. The molecule has 4 rings (SSSR count). The van der Waals surface area contributed by atoms with E-state index in [4.69, 9.17) is 4.42 Å². The molecule has 1 aromatic carbocycles. The molecule has 0 aliphatic carbocycles. The zero-order valence-electron chi connectivity index (χ0n) is 18.4. The summed E-state index contributed by atoms with van der Waals surface area (Å²) in [6, 6.07) is 8.63. The van der Waals surface area contributed by atoms with Crippen LogP contribution in [0.25, 0.3) is 11.5 Å². The van der Waals surface area contributed by atoms with Crippen LogP contribution in [0.1, 0.15) is 30.6 Å². The first-order chi connectivity index (χ1) is 14.6. The van der Waals surface area contributed by atoms with E-state index in [-0.39, 0.29) is 24.0 Å². The third kappa shape index (κ3) is 5.66. The predicted molar refractivity (Wildman–Crippen MR) is 134 cm³/mol. The van der Waals surface area contributed by atoms with Gasteiger partial charge in [0.2, 0.25) is 5.89 Å². The lowest BCUT2D eigenvalue weighted by Crippen LogP contribution is -2.49. The monoisotopic (exact) mass is 534 g/mol. The highest BCUT2D eigenvalue weighted by Gasteiger charge is 2.28. The Labute approximate surface area is 201 Å². The van der Waals surface area contributed by atoms with Crippen molar-refractivity contribution >= 4 is 29.9 Å². The molecule has 1 aliphatic heterocycles. The standard InChI is InChI=1S/C23H30N6O.HI/c1-17-4-6-19(7-5-17)22-27-20(15-30-22)8-10-26-23(24-3)28-12-9-18(2)21(14-28)29-13-11-25-16-29;/h4-7,11,13,15-16,18,21H,8-10,12,14H2,1-3H3,(H,24,26);1H. The van der Waals surface area contributed by atoms with E-state index in [0.717, 1.165) is 49.7 Å². The van der Waals surface area contributed by atoms with Gasteiger partial charge in [-0.2, -0.15) is 0 Å². The zero-order chi connectivity index (χ0) is 20.9. The van der Waals surface area contributed by atoms with Gasteiger partial charge in [0.15, 0.2) is 5.96 Å². The minimum Gasteiger partial charge on any atom is -0.444 e. The van der Waals surface area contributed by atoms with Crippen molar-refractivity contribution in [3.63, 3.8) is 0 Å². The topological polar surface area (TPSA) is 71.5 Å². The second-order valence-corrected chi connectivity index (χ2v) is 8.02. The number of aromatic nitrogens is 3. The summed E-state index contributed by atoms with van der Waals surface area (Å²) >= 11 is 0. The fraction of sp³-hybridized carbons (Fsp3) is 0.435. The normalized spacial score (nSPS) is 19.2. The van der Waals surface area contributed by atoms with Gasteiger partial charge in [-0.1, -0.05) is 24.6 Å². The van der Waals surface area contributed by atoms with Crippen molar-refractivity contribution in [3.05, 3.63) is 60.5 Å². The molecule has 7 nitrogen and oxygen atoms in total. The van der Waals surface area contributed by atoms with Crippen LogP contribution in [-0.4, -0.2) is 52.1 Å². The molecule has 0 spiro atoms. The van der Waals surface area contributed by atoms with Gasteiger partial charge in [0, 0.05) is 51.1 Å². The summed E-state index contributed by atoms with van der Waals surface area (Å²) in [7, 11) is 1.85. The number of aryl methyl sites for hydroxylation is 1. The first-order valence-corrected chi connectivity index (χ1v) is 10.6. The highest BCUT2D eigenvalue weighted by atomic mass is 127. The number of likely N-dealkylation sites (tertiary alicyclic amines) is 1. The summed E-state index contributed by atoms with van der Waals surface area (Å²) in [5.41, 5.74) is 3.17. The van der Waals surface area contributed by atoms with Crippen LogP contribution < -0.4 is 5.32 Å². The number of oxazole rings is 1. The summed E-state index contributed by atoms with van der Waals surface area (Å²) in [5, 5.41) is 3.49. The van der Waals surface area contributed by atoms with Gasteiger partial charge in [-0.15, -0.1) is 24.0 Å². The lowest BCUT2D eigenvalue weighted by Gasteiger charge is -2.39.